The molecular weight excluding hydrogens is 244 g/mol. The molecule has 0 aliphatic carbocycles. The van der Waals surface area contributed by atoms with Crippen LogP contribution < -0.4 is 15.8 Å². The number of amides is 1. The zero-order valence-corrected chi connectivity index (χ0v) is 10.8. The van der Waals surface area contributed by atoms with E-state index >= 15 is 0 Å². The minimum atomic E-state index is -0.245. The Labute approximate surface area is 111 Å². The van der Waals surface area contributed by atoms with Crippen molar-refractivity contribution in [2.24, 2.45) is 0 Å². The predicted octanol–water partition coefficient (Wildman–Crippen LogP) is 1.49. The van der Waals surface area contributed by atoms with Crippen molar-refractivity contribution in [1.82, 2.24) is 15.5 Å². The summed E-state index contributed by atoms with van der Waals surface area (Å²) >= 11 is 0. The molecular formula is C13H16N4O2. The van der Waals surface area contributed by atoms with E-state index in [1.54, 1.807) is 37.7 Å². The Bertz CT molecular complexity index is 566. The van der Waals surface area contributed by atoms with Crippen LogP contribution in [0.4, 0.5) is 5.69 Å². The van der Waals surface area contributed by atoms with Gasteiger partial charge in [0.2, 0.25) is 0 Å². The Morgan fingerprint density at radius 2 is 2.32 bits per heavy atom. The van der Waals surface area contributed by atoms with Gasteiger partial charge in [-0.25, -0.2) is 0 Å². The summed E-state index contributed by atoms with van der Waals surface area (Å²) in [4.78, 5) is 12.2. The Balaban J connectivity index is 2.16. The van der Waals surface area contributed by atoms with E-state index in [0.29, 0.717) is 17.0 Å². The fourth-order valence-corrected chi connectivity index (χ4v) is 1.71. The lowest BCUT2D eigenvalue weighted by molar-refractivity contribution is 0.0940. The highest BCUT2D eigenvalue weighted by Gasteiger charge is 2.15. The zero-order chi connectivity index (χ0) is 13.8. The molecule has 1 atom stereocenters. The Hall–Kier alpha value is -2.50. The number of aromatic nitrogens is 2. The molecule has 100 valence electrons. The van der Waals surface area contributed by atoms with Crippen LogP contribution in [0.1, 0.15) is 28.9 Å². The molecule has 0 bridgehead atoms. The summed E-state index contributed by atoms with van der Waals surface area (Å²) in [5.41, 5.74) is 7.51. The molecule has 4 N–H and O–H groups in total. The van der Waals surface area contributed by atoms with Crippen LogP contribution in [0, 0.1) is 0 Å². The third-order valence-corrected chi connectivity index (χ3v) is 2.87. The lowest BCUT2D eigenvalue weighted by Gasteiger charge is -2.13. The van der Waals surface area contributed by atoms with Gasteiger partial charge in [0.05, 0.1) is 24.9 Å². The summed E-state index contributed by atoms with van der Waals surface area (Å²) in [6.07, 6.45) is 3.40. The monoisotopic (exact) mass is 260 g/mol. The fourth-order valence-electron chi connectivity index (χ4n) is 1.71. The van der Waals surface area contributed by atoms with E-state index in [-0.39, 0.29) is 11.9 Å². The van der Waals surface area contributed by atoms with Gasteiger partial charge in [-0.1, -0.05) is 0 Å². The second-order valence-electron chi connectivity index (χ2n) is 4.18. The van der Waals surface area contributed by atoms with Gasteiger partial charge in [0.1, 0.15) is 5.75 Å². The summed E-state index contributed by atoms with van der Waals surface area (Å²) in [6.45, 7) is 1.87. The molecule has 1 amide bonds. The number of methoxy groups -OCH3 is 1. The third kappa shape index (κ3) is 2.85. The predicted molar refractivity (Wildman–Crippen MR) is 71.9 cm³/mol. The number of ether oxygens (including phenoxy) is 1. The number of nitrogens with zero attached hydrogens (tertiary/aromatic N) is 1. The van der Waals surface area contributed by atoms with E-state index in [0.717, 1.165) is 5.56 Å². The van der Waals surface area contributed by atoms with Crippen molar-refractivity contribution >= 4 is 11.6 Å². The average molecular weight is 260 g/mol. The van der Waals surface area contributed by atoms with E-state index in [2.05, 4.69) is 15.5 Å². The van der Waals surface area contributed by atoms with Gasteiger partial charge in [-0.15, -0.1) is 0 Å². The van der Waals surface area contributed by atoms with Crippen LogP contribution >= 0.6 is 0 Å². The van der Waals surface area contributed by atoms with Crippen molar-refractivity contribution in [2.75, 3.05) is 12.8 Å². The van der Waals surface area contributed by atoms with Crippen LogP contribution in [-0.4, -0.2) is 23.2 Å². The minimum Gasteiger partial charge on any atom is -0.497 e. The number of nitrogens with two attached hydrogens (primary N) is 1. The summed E-state index contributed by atoms with van der Waals surface area (Å²) in [6, 6.07) is 4.83. The maximum atomic E-state index is 12.2. The second-order valence-corrected chi connectivity index (χ2v) is 4.18. The van der Waals surface area contributed by atoms with Gasteiger partial charge >= 0.3 is 0 Å². The van der Waals surface area contributed by atoms with Crippen LogP contribution in [0.5, 0.6) is 5.75 Å². The van der Waals surface area contributed by atoms with Gasteiger partial charge in [0, 0.05) is 17.4 Å². The van der Waals surface area contributed by atoms with Crippen LogP contribution in [0.15, 0.2) is 30.6 Å². The first-order valence-electron chi connectivity index (χ1n) is 5.85. The highest BCUT2D eigenvalue weighted by Crippen LogP contribution is 2.20. The summed E-state index contributed by atoms with van der Waals surface area (Å²) in [5.74, 6) is 0.348. The molecule has 19 heavy (non-hydrogen) atoms. The first-order chi connectivity index (χ1) is 9.11. The molecule has 0 aliphatic heterocycles. The van der Waals surface area contributed by atoms with Gasteiger partial charge in [0.25, 0.3) is 5.91 Å². The lowest BCUT2D eigenvalue weighted by atomic mass is 10.1. The molecule has 0 saturated carbocycles. The number of nitrogen functional groups attached to an aromatic ring is 1. The van der Waals surface area contributed by atoms with Crippen molar-refractivity contribution in [3.63, 3.8) is 0 Å². The molecule has 2 rings (SSSR count). The number of rotatable bonds is 4. The van der Waals surface area contributed by atoms with Gasteiger partial charge in [-0.05, 0) is 25.1 Å². The van der Waals surface area contributed by atoms with E-state index in [9.17, 15) is 4.79 Å². The number of anilines is 1. The van der Waals surface area contributed by atoms with Gasteiger partial charge in [-0.3, -0.25) is 9.89 Å². The molecule has 0 saturated heterocycles. The molecule has 1 heterocycles. The van der Waals surface area contributed by atoms with E-state index in [1.165, 1.54) is 0 Å². The molecule has 0 spiro atoms. The highest BCUT2D eigenvalue weighted by atomic mass is 16.5. The smallest absolute Gasteiger partial charge is 0.253 e. The number of aromatic amines is 1. The average Bonchev–Trinajstić information content (AvgIpc) is 2.93. The van der Waals surface area contributed by atoms with Crippen molar-refractivity contribution in [1.29, 1.82) is 0 Å². The molecule has 6 heteroatoms. The first kappa shape index (κ1) is 12.9. The molecule has 0 fully saturated rings. The number of carbonyl (C=O) groups excluding carboxylic acids is 1. The van der Waals surface area contributed by atoms with Gasteiger partial charge < -0.3 is 15.8 Å². The molecule has 0 aliphatic rings. The molecule has 1 unspecified atom stereocenters. The second kappa shape index (κ2) is 5.43. The molecule has 6 nitrogen and oxygen atoms in total. The Kier molecular flexibility index (Phi) is 3.70. The first-order valence-corrected chi connectivity index (χ1v) is 5.85. The van der Waals surface area contributed by atoms with Gasteiger partial charge in [0.15, 0.2) is 0 Å². The van der Waals surface area contributed by atoms with E-state index < -0.39 is 0 Å². The number of hydrogen-bond acceptors (Lipinski definition) is 4. The van der Waals surface area contributed by atoms with Crippen molar-refractivity contribution in [2.45, 2.75) is 13.0 Å². The topological polar surface area (TPSA) is 93.0 Å². The molecule has 2 aromatic rings. The standard InChI is InChI=1S/C13H16N4O2/c1-8(9-6-15-16-7-9)17-13(18)11-5-10(19-2)3-4-12(11)14/h3-8H,14H2,1-2H3,(H,15,16)(H,17,18). The zero-order valence-electron chi connectivity index (χ0n) is 10.8. The van der Waals surface area contributed by atoms with Gasteiger partial charge in [-0.2, -0.15) is 5.10 Å². The quantitative estimate of drug-likeness (QED) is 0.726. The largest absolute Gasteiger partial charge is 0.497 e. The maximum Gasteiger partial charge on any atom is 0.253 e. The molecule has 0 radical (unpaired) electrons. The van der Waals surface area contributed by atoms with Crippen LogP contribution in [0.3, 0.4) is 0 Å². The van der Waals surface area contributed by atoms with Crippen LogP contribution in [-0.2, 0) is 0 Å². The number of benzene rings is 1. The van der Waals surface area contributed by atoms with E-state index in [4.69, 9.17) is 10.5 Å². The number of H-pyrrole nitrogens is 1. The SMILES string of the molecule is COc1ccc(N)c(C(=O)NC(C)c2cn[nH]c2)c1. The summed E-state index contributed by atoms with van der Waals surface area (Å²) in [5, 5.41) is 9.41. The summed E-state index contributed by atoms with van der Waals surface area (Å²) in [7, 11) is 1.54. The number of carbonyl (C=O) groups is 1. The highest BCUT2D eigenvalue weighted by molar-refractivity contribution is 5.99. The lowest BCUT2D eigenvalue weighted by Crippen LogP contribution is -2.27. The fraction of sp³-hybridized carbons (Fsp3) is 0.231. The number of nitrogens with one attached hydrogen (secondary N) is 2. The van der Waals surface area contributed by atoms with E-state index in [1.807, 2.05) is 6.92 Å². The Morgan fingerprint density at radius 1 is 1.53 bits per heavy atom. The van der Waals surface area contributed by atoms with Crippen molar-refractivity contribution in [3.8, 4) is 5.75 Å². The van der Waals surface area contributed by atoms with Crippen molar-refractivity contribution < 1.29 is 9.53 Å². The van der Waals surface area contributed by atoms with Crippen molar-refractivity contribution in [3.05, 3.63) is 41.7 Å². The third-order valence-electron chi connectivity index (χ3n) is 2.87. The Morgan fingerprint density at radius 3 is 2.95 bits per heavy atom. The molecule has 1 aromatic heterocycles. The minimum absolute atomic E-state index is 0.156. The maximum absolute atomic E-state index is 12.2. The number of hydrogen-bond donors (Lipinski definition) is 3. The molecule has 1 aromatic carbocycles. The van der Waals surface area contributed by atoms with Crippen LogP contribution in [0.25, 0.3) is 0 Å². The normalized spacial score (nSPS) is 11.9. The van der Waals surface area contributed by atoms with Crippen LogP contribution in [0.2, 0.25) is 0 Å². The summed E-state index contributed by atoms with van der Waals surface area (Å²) < 4.78 is 5.09.